The second-order valence-electron chi connectivity index (χ2n) is 3.10. The summed E-state index contributed by atoms with van der Waals surface area (Å²) in [5, 5.41) is 2.74. The first-order valence-electron chi connectivity index (χ1n) is 4.63. The fourth-order valence-corrected chi connectivity index (χ4v) is 1.18. The lowest BCUT2D eigenvalue weighted by Gasteiger charge is -2.10. The number of nitrogens with one attached hydrogen (secondary N) is 1. The van der Waals surface area contributed by atoms with Crippen LogP contribution in [0.2, 0.25) is 0 Å². The van der Waals surface area contributed by atoms with E-state index in [-0.39, 0.29) is 11.4 Å². The van der Waals surface area contributed by atoms with E-state index in [4.69, 9.17) is 10.5 Å². The van der Waals surface area contributed by atoms with Crippen LogP contribution in [0.4, 0.5) is 20.2 Å². The monoisotopic (exact) mass is 216 g/mol. The lowest BCUT2D eigenvalue weighted by molar-refractivity contribution is 0.197. The molecular formula is C10H14F2N2O. The highest BCUT2D eigenvalue weighted by Gasteiger charge is 2.10. The molecule has 84 valence electrons. The molecule has 0 bridgehead atoms. The van der Waals surface area contributed by atoms with Gasteiger partial charge in [0, 0.05) is 20.3 Å². The van der Waals surface area contributed by atoms with E-state index in [2.05, 4.69) is 5.32 Å². The molecule has 0 fully saturated rings. The van der Waals surface area contributed by atoms with Gasteiger partial charge in [-0.3, -0.25) is 0 Å². The van der Waals surface area contributed by atoms with Gasteiger partial charge in [-0.1, -0.05) is 0 Å². The number of halogens is 2. The van der Waals surface area contributed by atoms with E-state index in [1.165, 1.54) is 6.07 Å². The third-order valence-electron chi connectivity index (χ3n) is 1.95. The van der Waals surface area contributed by atoms with Gasteiger partial charge in [-0.15, -0.1) is 0 Å². The van der Waals surface area contributed by atoms with E-state index in [0.29, 0.717) is 19.6 Å². The van der Waals surface area contributed by atoms with Crippen LogP contribution < -0.4 is 11.1 Å². The Morgan fingerprint density at radius 1 is 1.40 bits per heavy atom. The van der Waals surface area contributed by atoms with Crippen LogP contribution in [-0.4, -0.2) is 20.3 Å². The number of nitrogen functional groups attached to an aromatic ring is 1. The Morgan fingerprint density at radius 2 is 2.13 bits per heavy atom. The Balaban J connectivity index is 2.63. The van der Waals surface area contributed by atoms with Crippen LogP contribution >= 0.6 is 0 Å². The largest absolute Gasteiger partial charge is 0.397 e. The van der Waals surface area contributed by atoms with Gasteiger partial charge in [0.25, 0.3) is 0 Å². The highest BCUT2D eigenvalue weighted by molar-refractivity contribution is 5.66. The van der Waals surface area contributed by atoms with E-state index in [1.54, 1.807) is 7.11 Å². The summed E-state index contributed by atoms with van der Waals surface area (Å²) in [7, 11) is 1.58. The standard InChI is InChI=1S/C10H14F2N2O/c1-15-6-2-5-14-10-8(13)4-3-7(11)9(10)12/h3-4,14H,2,5-6,13H2,1H3. The molecule has 0 saturated heterocycles. The van der Waals surface area contributed by atoms with Gasteiger partial charge >= 0.3 is 0 Å². The average molecular weight is 216 g/mol. The van der Waals surface area contributed by atoms with Crippen molar-refractivity contribution in [2.24, 2.45) is 0 Å². The molecule has 0 aliphatic heterocycles. The number of hydrogen-bond donors (Lipinski definition) is 2. The van der Waals surface area contributed by atoms with E-state index >= 15 is 0 Å². The number of hydrogen-bond acceptors (Lipinski definition) is 3. The van der Waals surface area contributed by atoms with Crippen LogP contribution in [0.1, 0.15) is 6.42 Å². The third kappa shape index (κ3) is 3.06. The first-order chi connectivity index (χ1) is 7.16. The maximum atomic E-state index is 13.2. The zero-order chi connectivity index (χ0) is 11.3. The van der Waals surface area contributed by atoms with Gasteiger partial charge in [-0.05, 0) is 18.6 Å². The number of methoxy groups -OCH3 is 1. The molecule has 0 radical (unpaired) electrons. The first kappa shape index (κ1) is 11.7. The third-order valence-corrected chi connectivity index (χ3v) is 1.95. The smallest absolute Gasteiger partial charge is 0.183 e. The molecule has 3 N–H and O–H groups in total. The van der Waals surface area contributed by atoms with E-state index in [0.717, 1.165) is 6.07 Å². The van der Waals surface area contributed by atoms with Crippen LogP contribution in [0.3, 0.4) is 0 Å². The molecule has 1 rings (SSSR count). The van der Waals surface area contributed by atoms with Crippen molar-refractivity contribution in [3.63, 3.8) is 0 Å². The Kier molecular flexibility index (Phi) is 4.30. The molecule has 0 aliphatic carbocycles. The SMILES string of the molecule is COCCCNc1c(N)ccc(F)c1F. The Morgan fingerprint density at radius 3 is 2.80 bits per heavy atom. The number of ether oxygens (including phenoxy) is 1. The Labute approximate surface area is 87.2 Å². The van der Waals surface area contributed by atoms with Gasteiger partial charge < -0.3 is 15.8 Å². The summed E-state index contributed by atoms with van der Waals surface area (Å²) in [5.74, 6) is -1.84. The van der Waals surface area contributed by atoms with Gasteiger partial charge in [-0.2, -0.15) is 0 Å². The van der Waals surface area contributed by atoms with Gasteiger partial charge in [0.2, 0.25) is 0 Å². The summed E-state index contributed by atoms with van der Waals surface area (Å²) >= 11 is 0. The van der Waals surface area contributed by atoms with E-state index in [9.17, 15) is 8.78 Å². The van der Waals surface area contributed by atoms with Crippen molar-refractivity contribution >= 4 is 11.4 Å². The molecule has 1 aromatic rings. The maximum absolute atomic E-state index is 13.2. The molecule has 5 heteroatoms. The molecule has 3 nitrogen and oxygen atoms in total. The second-order valence-corrected chi connectivity index (χ2v) is 3.10. The number of anilines is 2. The highest BCUT2D eigenvalue weighted by Crippen LogP contribution is 2.24. The number of rotatable bonds is 5. The molecule has 0 unspecified atom stereocenters. The first-order valence-corrected chi connectivity index (χ1v) is 4.63. The van der Waals surface area contributed by atoms with Crippen molar-refractivity contribution in [2.45, 2.75) is 6.42 Å². The van der Waals surface area contributed by atoms with E-state index < -0.39 is 11.6 Å². The van der Waals surface area contributed by atoms with Crippen molar-refractivity contribution < 1.29 is 13.5 Å². The maximum Gasteiger partial charge on any atom is 0.183 e. The molecule has 0 heterocycles. The van der Waals surface area contributed by atoms with Crippen molar-refractivity contribution in [3.8, 4) is 0 Å². The minimum atomic E-state index is -0.938. The van der Waals surface area contributed by atoms with Crippen LogP contribution in [0.15, 0.2) is 12.1 Å². The van der Waals surface area contributed by atoms with Gasteiger partial charge in [-0.25, -0.2) is 8.78 Å². The van der Waals surface area contributed by atoms with Gasteiger partial charge in [0.05, 0.1) is 11.4 Å². The van der Waals surface area contributed by atoms with Crippen molar-refractivity contribution in [3.05, 3.63) is 23.8 Å². The highest BCUT2D eigenvalue weighted by atomic mass is 19.2. The number of benzene rings is 1. The van der Waals surface area contributed by atoms with Gasteiger partial charge in [0.15, 0.2) is 11.6 Å². The van der Waals surface area contributed by atoms with Gasteiger partial charge in [0.1, 0.15) is 0 Å². The quantitative estimate of drug-likeness (QED) is 0.584. The molecule has 0 saturated carbocycles. The summed E-state index contributed by atoms with van der Waals surface area (Å²) in [4.78, 5) is 0. The number of nitrogens with two attached hydrogens (primary N) is 1. The molecular weight excluding hydrogens is 202 g/mol. The zero-order valence-corrected chi connectivity index (χ0v) is 8.52. The minimum Gasteiger partial charge on any atom is -0.397 e. The summed E-state index contributed by atoms with van der Waals surface area (Å²) in [6.45, 7) is 1.04. The predicted octanol–water partition coefficient (Wildman–Crippen LogP) is 2.00. The van der Waals surface area contributed by atoms with Crippen molar-refractivity contribution in [1.82, 2.24) is 0 Å². The summed E-state index contributed by atoms with van der Waals surface area (Å²) in [6.07, 6.45) is 0.700. The molecule has 0 aromatic heterocycles. The lowest BCUT2D eigenvalue weighted by Crippen LogP contribution is -2.09. The molecule has 15 heavy (non-hydrogen) atoms. The fourth-order valence-electron chi connectivity index (χ4n) is 1.18. The topological polar surface area (TPSA) is 47.3 Å². The molecule has 0 amide bonds. The predicted molar refractivity (Wildman–Crippen MR) is 55.8 cm³/mol. The van der Waals surface area contributed by atoms with Crippen molar-refractivity contribution in [2.75, 3.05) is 31.3 Å². The van der Waals surface area contributed by atoms with Crippen LogP contribution in [0, 0.1) is 11.6 Å². The van der Waals surface area contributed by atoms with Crippen molar-refractivity contribution in [1.29, 1.82) is 0 Å². The second kappa shape index (κ2) is 5.50. The average Bonchev–Trinajstić information content (AvgIpc) is 2.23. The molecule has 1 aromatic carbocycles. The molecule has 0 atom stereocenters. The Bertz CT molecular complexity index is 331. The van der Waals surface area contributed by atoms with Crippen LogP contribution in [0.25, 0.3) is 0 Å². The zero-order valence-electron chi connectivity index (χ0n) is 8.52. The summed E-state index contributed by atoms with van der Waals surface area (Å²) in [6, 6.07) is 2.34. The summed E-state index contributed by atoms with van der Waals surface area (Å²) in [5.41, 5.74) is 5.72. The van der Waals surface area contributed by atoms with Crippen LogP contribution in [0.5, 0.6) is 0 Å². The molecule has 0 spiro atoms. The summed E-state index contributed by atoms with van der Waals surface area (Å²) < 4.78 is 30.9. The fraction of sp³-hybridized carbons (Fsp3) is 0.400. The Hall–Kier alpha value is -1.36. The van der Waals surface area contributed by atoms with Crippen LogP contribution in [-0.2, 0) is 4.74 Å². The van der Waals surface area contributed by atoms with E-state index in [1.807, 2.05) is 0 Å². The minimum absolute atomic E-state index is 0.0195. The normalized spacial score (nSPS) is 10.3. The lowest BCUT2D eigenvalue weighted by atomic mass is 10.2. The molecule has 0 aliphatic rings.